The Hall–Kier alpha value is -1.65. The van der Waals surface area contributed by atoms with Crippen LogP contribution in [0.15, 0.2) is 29.0 Å². The molecule has 0 bridgehead atoms. The lowest BCUT2D eigenvalue weighted by Gasteiger charge is -2.04. The third kappa shape index (κ3) is 1.66. The van der Waals surface area contributed by atoms with Crippen LogP contribution in [0.2, 0.25) is 0 Å². The van der Waals surface area contributed by atoms with Crippen molar-refractivity contribution in [1.29, 1.82) is 0 Å². The molecule has 0 fully saturated rings. The number of fused-ring (bicyclic) bond motifs is 1. The number of halogens is 2. The lowest BCUT2D eigenvalue weighted by atomic mass is 10.3. The van der Waals surface area contributed by atoms with Gasteiger partial charge >= 0.3 is 0 Å². The summed E-state index contributed by atoms with van der Waals surface area (Å²) in [6, 6.07) is 3.37. The number of nitrogens with zero attached hydrogens (tertiary/aromatic N) is 1. The summed E-state index contributed by atoms with van der Waals surface area (Å²) in [7, 11) is 0. The number of anilines is 1. The molecular weight excluding hydrogens is 190 g/mol. The number of nitrogens with one attached hydrogen (secondary N) is 1. The van der Waals surface area contributed by atoms with Crippen LogP contribution in [-0.4, -0.2) is 18.0 Å². The third-order valence-corrected chi connectivity index (χ3v) is 1.80. The average molecular weight is 198 g/mol. The molecule has 74 valence electrons. The summed E-state index contributed by atoms with van der Waals surface area (Å²) >= 11 is 0. The van der Waals surface area contributed by atoms with E-state index in [1.54, 1.807) is 12.1 Å². The Morgan fingerprint density at radius 3 is 3.07 bits per heavy atom. The Morgan fingerprint density at radius 2 is 2.29 bits per heavy atom. The molecule has 0 aliphatic carbocycles. The molecule has 5 heteroatoms. The van der Waals surface area contributed by atoms with Gasteiger partial charge in [-0.05, 0) is 12.1 Å². The molecule has 1 N–H and O–H groups in total. The standard InChI is InChI=1S/C9H8F2N2O/c10-8(11)5-13-9-6-2-4-14-7(6)1-3-12-9/h1-4,8H,5H2,(H,12,13). The molecule has 0 saturated heterocycles. The second kappa shape index (κ2) is 3.61. The summed E-state index contributed by atoms with van der Waals surface area (Å²) in [5, 5.41) is 3.27. The van der Waals surface area contributed by atoms with Crippen molar-refractivity contribution in [1.82, 2.24) is 4.98 Å². The van der Waals surface area contributed by atoms with Crippen LogP contribution >= 0.6 is 0 Å². The molecule has 0 saturated carbocycles. The van der Waals surface area contributed by atoms with E-state index in [1.807, 2.05) is 0 Å². The topological polar surface area (TPSA) is 38.1 Å². The van der Waals surface area contributed by atoms with Gasteiger partial charge in [0.2, 0.25) is 0 Å². The van der Waals surface area contributed by atoms with Gasteiger partial charge in [0, 0.05) is 6.20 Å². The fourth-order valence-corrected chi connectivity index (χ4v) is 1.21. The monoisotopic (exact) mass is 198 g/mol. The van der Waals surface area contributed by atoms with E-state index < -0.39 is 13.0 Å². The van der Waals surface area contributed by atoms with Crippen LogP contribution < -0.4 is 5.32 Å². The fourth-order valence-electron chi connectivity index (χ4n) is 1.21. The van der Waals surface area contributed by atoms with Gasteiger partial charge in [-0.15, -0.1) is 0 Å². The molecule has 0 atom stereocenters. The molecule has 0 aromatic carbocycles. The van der Waals surface area contributed by atoms with E-state index in [-0.39, 0.29) is 0 Å². The van der Waals surface area contributed by atoms with Crippen LogP contribution in [0.1, 0.15) is 0 Å². The number of alkyl halides is 2. The van der Waals surface area contributed by atoms with Gasteiger partial charge in [0.1, 0.15) is 11.4 Å². The Bertz CT molecular complexity index is 427. The third-order valence-electron chi connectivity index (χ3n) is 1.80. The average Bonchev–Trinajstić information content (AvgIpc) is 2.62. The molecule has 14 heavy (non-hydrogen) atoms. The van der Waals surface area contributed by atoms with Gasteiger partial charge in [-0.25, -0.2) is 13.8 Å². The van der Waals surface area contributed by atoms with Crippen LogP contribution in [0.25, 0.3) is 11.0 Å². The summed E-state index contributed by atoms with van der Waals surface area (Å²) in [6.07, 6.45) is 0.624. The van der Waals surface area contributed by atoms with Crippen molar-refractivity contribution in [3.05, 3.63) is 24.6 Å². The number of hydrogen-bond donors (Lipinski definition) is 1. The summed E-state index contributed by atoms with van der Waals surface area (Å²) in [6.45, 7) is -0.405. The van der Waals surface area contributed by atoms with Crippen molar-refractivity contribution in [2.75, 3.05) is 11.9 Å². The second-order valence-electron chi connectivity index (χ2n) is 2.76. The number of aromatic nitrogens is 1. The smallest absolute Gasteiger partial charge is 0.255 e. The van der Waals surface area contributed by atoms with Gasteiger partial charge in [-0.1, -0.05) is 0 Å². The largest absolute Gasteiger partial charge is 0.464 e. The normalized spacial score (nSPS) is 11.1. The molecule has 0 aliphatic heterocycles. The predicted octanol–water partition coefficient (Wildman–Crippen LogP) is 2.50. The van der Waals surface area contributed by atoms with Crippen LogP contribution in [0.5, 0.6) is 0 Å². The highest BCUT2D eigenvalue weighted by molar-refractivity contribution is 5.87. The second-order valence-corrected chi connectivity index (χ2v) is 2.76. The van der Waals surface area contributed by atoms with Crippen LogP contribution in [0, 0.1) is 0 Å². The van der Waals surface area contributed by atoms with Crippen molar-refractivity contribution in [2.24, 2.45) is 0 Å². The first-order chi connectivity index (χ1) is 6.77. The molecular formula is C9H8F2N2O. The molecule has 0 radical (unpaired) electrons. The SMILES string of the molecule is FC(F)CNc1nccc2occc12. The zero-order chi connectivity index (χ0) is 9.97. The minimum atomic E-state index is -2.39. The van der Waals surface area contributed by atoms with Gasteiger partial charge < -0.3 is 9.73 Å². The summed E-state index contributed by atoms with van der Waals surface area (Å²) in [4.78, 5) is 3.95. The zero-order valence-electron chi connectivity index (χ0n) is 7.21. The first-order valence-corrected chi connectivity index (χ1v) is 4.11. The predicted molar refractivity (Wildman–Crippen MR) is 48.5 cm³/mol. The molecule has 2 aromatic rings. The minimum Gasteiger partial charge on any atom is -0.464 e. The number of hydrogen-bond acceptors (Lipinski definition) is 3. The van der Waals surface area contributed by atoms with Gasteiger partial charge in [0.05, 0.1) is 18.2 Å². The first kappa shape index (κ1) is 8.93. The fraction of sp³-hybridized carbons (Fsp3) is 0.222. The summed E-state index contributed by atoms with van der Waals surface area (Å²) in [5.74, 6) is 0.427. The number of furan rings is 1. The van der Waals surface area contributed by atoms with Crippen molar-refractivity contribution in [3.63, 3.8) is 0 Å². The Kier molecular flexibility index (Phi) is 2.30. The summed E-state index contributed by atoms with van der Waals surface area (Å²) in [5.41, 5.74) is 0.636. The van der Waals surface area contributed by atoms with E-state index in [4.69, 9.17) is 4.42 Å². The van der Waals surface area contributed by atoms with Crippen molar-refractivity contribution >= 4 is 16.8 Å². The first-order valence-electron chi connectivity index (χ1n) is 4.11. The number of rotatable bonds is 3. The maximum Gasteiger partial charge on any atom is 0.255 e. The van der Waals surface area contributed by atoms with Crippen LogP contribution in [0.4, 0.5) is 14.6 Å². The van der Waals surface area contributed by atoms with Gasteiger partial charge in [-0.3, -0.25) is 0 Å². The molecule has 3 nitrogen and oxygen atoms in total. The minimum absolute atomic E-state index is 0.405. The van der Waals surface area contributed by atoms with Crippen molar-refractivity contribution in [2.45, 2.75) is 6.43 Å². The van der Waals surface area contributed by atoms with Gasteiger partial charge in [0.15, 0.2) is 0 Å². The highest BCUT2D eigenvalue weighted by Crippen LogP contribution is 2.21. The van der Waals surface area contributed by atoms with E-state index in [2.05, 4.69) is 10.3 Å². The van der Waals surface area contributed by atoms with Crippen molar-refractivity contribution < 1.29 is 13.2 Å². The molecule has 0 amide bonds. The molecule has 0 unspecified atom stereocenters. The Balaban J connectivity index is 2.27. The molecule has 2 heterocycles. The lowest BCUT2D eigenvalue weighted by Crippen LogP contribution is -2.11. The highest BCUT2D eigenvalue weighted by Gasteiger charge is 2.06. The zero-order valence-corrected chi connectivity index (χ0v) is 7.21. The number of pyridine rings is 1. The maximum atomic E-state index is 11.9. The van der Waals surface area contributed by atoms with Crippen LogP contribution in [-0.2, 0) is 0 Å². The Labute approximate surface area is 78.7 Å². The quantitative estimate of drug-likeness (QED) is 0.823. The maximum absolute atomic E-state index is 11.9. The van der Waals surface area contributed by atoms with Crippen LogP contribution in [0.3, 0.4) is 0 Å². The highest BCUT2D eigenvalue weighted by atomic mass is 19.3. The molecule has 2 rings (SSSR count). The lowest BCUT2D eigenvalue weighted by molar-refractivity contribution is 0.163. The van der Waals surface area contributed by atoms with E-state index >= 15 is 0 Å². The molecule has 0 spiro atoms. The summed E-state index contributed by atoms with van der Waals surface area (Å²) < 4.78 is 29.0. The van der Waals surface area contributed by atoms with E-state index in [1.165, 1.54) is 12.5 Å². The van der Waals surface area contributed by atoms with E-state index in [9.17, 15) is 8.78 Å². The Morgan fingerprint density at radius 1 is 1.43 bits per heavy atom. The van der Waals surface area contributed by atoms with Gasteiger partial charge in [-0.2, -0.15) is 0 Å². The van der Waals surface area contributed by atoms with E-state index in [0.717, 1.165) is 0 Å². The molecule has 2 aromatic heterocycles. The van der Waals surface area contributed by atoms with Crippen molar-refractivity contribution in [3.8, 4) is 0 Å². The molecule has 0 aliphatic rings. The van der Waals surface area contributed by atoms with Gasteiger partial charge in [0.25, 0.3) is 6.43 Å². The van der Waals surface area contributed by atoms with E-state index in [0.29, 0.717) is 16.8 Å².